The van der Waals surface area contributed by atoms with E-state index in [1.54, 1.807) is 0 Å². The van der Waals surface area contributed by atoms with Crippen molar-refractivity contribution < 1.29 is 40.2 Å². The lowest BCUT2D eigenvalue weighted by molar-refractivity contribution is -0.313. The maximum Gasteiger partial charge on any atom is 0.333 e. The molecule has 0 saturated heterocycles. The van der Waals surface area contributed by atoms with Crippen LogP contribution in [0.25, 0.3) is 0 Å². The monoisotopic (exact) mass is 308 g/mol. The highest BCUT2D eigenvalue weighted by Crippen LogP contribution is 2.20. The molecule has 124 valence electrons. The van der Waals surface area contributed by atoms with Crippen LogP contribution in [0.1, 0.15) is 26.2 Å². The van der Waals surface area contributed by atoms with Crippen molar-refractivity contribution in [1.82, 2.24) is 0 Å². The quantitative estimate of drug-likeness (QED) is 0.158. The van der Waals surface area contributed by atoms with Crippen LogP contribution in [0.2, 0.25) is 0 Å². The smallest absolute Gasteiger partial charge is 0.333 e. The van der Waals surface area contributed by atoms with Crippen LogP contribution in [-0.2, 0) is 9.53 Å². The first-order valence-electron chi connectivity index (χ1n) is 6.53. The Kier molecular flexibility index (Phi) is 8.64. The third kappa shape index (κ3) is 8.10. The molecular weight excluding hydrogens is 284 g/mol. The van der Waals surface area contributed by atoms with Gasteiger partial charge >= 0.3 is 5.97 Å². The van der Waals surface area contributed by atoms with Crippen LogP contribution in [-0.4, -0.2) is 69.0 Å². The van der Waals surface area contributed by atoms with Gasteiger partial charge in [-0.05, 0) is 19.8 Å². The van der Waals surface area contributed by atoms with Crippen molar-refractivity contribution in [3.63, 3.8) is 0 Å². The van der Waals surface area contributed by atoms with Crippen molar-refractivity contribution in [3.05, 3.63) is 11.6 Å². The van der Waals surface area contributed by atoms with Crippen molar-refractivity contribution in [2.45, 2.75) is 32.2 Å². The Hall–Kier alpha value is -1.03. The SMILES string of the molecule is CC(=CCCC(O)(O)O)C(=O)OCCC(CO)(CO)CO. The van der Waals surface area contributed by atoms with Crippen LogP contribution in [0, 0.1) is 5.41 Å². The van der Waals surface area contributed by atoms with Crippen molar-refractivity contribution in [2.75, 3.05) is 26.4 Å². The normalized spacial score (nSPS) is 13.4. The first-order chi connectivity index (χ1) is 9.69. The maximum absolute atomic E-state index is 11.6. The fourth-order valence-electron chi connectivity index (χ4n) is 1.43. The van der Waals surface area contributed by atoms with Crippen LogP contribution in [0.5, 0.6) is 0 Å². The topological polar surface area (TPSA) is 148 Å². The molecule has 0 bridgehead atoms. The van der Waals surface area contributed by atoms with Gasteiger partial charge in [0.25, 0.3) is 5.97 Å². The fraction of sp³-hybridized carbons (Fsp3) is 0.769. The predicted molar refractivity (Wildman–Crippen MR) is 71.6 cm³/mol. The number of rotatable bonds is 10. The first-order valence-corrected chi connectivity index (χ1v) is 6.53. The Morgan fingerprint density at radius 2 is 1.57 bits per heavy atom. The van der Waals surface area contributed by atoms with Gasteiger partial charge in [0.2, 0.25) is 0 Å². The summed E-state index contributed by atoms with van der Waals surface area (Å²) < 4.78 is 4.92. The number of ether oxygens (including phenoxy) is 1. The van der Waals surface area contributed by atoms with E-state index in [0.29, 0.717) is 0 Å². The van der Waals surface area contributed by atoms with E-state index in [-0.39, 0.29) is 31.4 Å². The number of aliphatic hydroxyl groups excluding tert-OH is 3. The predicted octanol–water partition coefficient (Wildman–Crippen LogP) is -1.76. The summed E-state index contributed by atoms with van der Waals surface area (Å²) in [6.45, 7) is 0.0804. The van der Waals surface area contributed by atoms with Crippen molar-refractivity contribution in [1.29, 1.82) is 0 Å². The highest BCUT2D eigenvalue weighted by Gasteiger charge is 2.28. The third-order valence-electron chi connectivity index (χ3n) is 3.12. The molecule has 0 atom stereocenters. The Bertz CT molecular complexity index is 332. The zero-order valence-corrected chi connectivity index (χ0v) is 12.0. The molecule has 0 spiro atoms. The number of carbonyl (C=O) groups is 1. The summed E-state index contributed by atoms with van der Waals surface area (Å²) in [4.78, 5) is 11.6. The number of aliphatic hydroxyl groups is 6. The summed E-state index contributed by atoms with van der Waals surface area (Å²) in [5.41, 5.74) is -0.871. The Morgan fingerprint density at radius 3 is 2.00 bits per heavy atom. The van der Waals surface area contributed by atoms with Crippen LogP contribution in [0.3, 0.4) is 0 Å². The third-order valence-corrected chi connectivity index (χ3v) is 3.12. The molecule has 0 amide bonds. The minimum absolute atomic E-state index is 0.0677. The van der Waals surface area contributed by atoms with Gasteiger partial charge in [-0.15, -0.1) is 0 Å². The minimum Gasteiger partial charge on any atom is -0.462 e. The molecule has 0 saturated carbocycles. The lowest BCUT2D eigenvalue weighted by atomic mass is 9.88. The van der Waals surface area contributed by atoms with Gasteiger partial charge in [-0.2, -0.15) is 0 Å². The number of hydrogen-bond acceptors (Lipinski definition) is 8. The van der Waals surface area contributed by atoms with Crippen LogP contribution >= 0.6 is 0 Å². The molecule has 8 nitrogen and oxygen atoms in total. The van der Waals surface area contributed by atoms with E-state index in [0.717, 1.165) is 0 Å². The van der Waals surface area contributed by atoms with E-state index < -0.39 is 37.2 Å². The van der Waals surface area contributed by atoms with E-state index in [4.69, 9.17) is 35.4 Å². The molecule has 6 N–H and O–H groups in total. The Morgan fingerprint density at radius 1 is 1.05 bits per heavy atom. The molecule has 0 aromatic carbocycles. The average molecular weight is 308 g/mol. The molecule has 8 heteroatoms. The molecule has 0 aromatic heterocycles. The minimum atomic E-state index is -2.77. The number of allylic oxidation sites excluding steroid dienone is 1. The maximum atomic E-state index is 11.6. The fourth-order valence-corrected chi connectivity index (χ4v) is 1.43. The van der Waals surface area contributed by atoms with Gasteiger partial charge < -0.3 is 35.4 Å². The van der Waals surface area contributed by atoms with E-state index >= 15 is 0 Å². The Balaban J connectivity index is 4.22. The molecule has 0 radical (unpaired) electrons. The van der Waals surface area contributed by atoms with Crippen molar-refractivity contribution in [3.8, 4) is 0 Å². The lowest BCUT2D eigenvalue weighted by Crippen LogP contribution is -2.35. The molecule has 0 rings (SSSR count). The molecule has 0 aliphatic heterocycles. The molecule has 0 aromatic rings. The molecule has 21 heavy (non-hydrogen) atoms. The molecule has 0 aliphatic carbocycles. The van der Waals surface area contributed by atoms with E-state index in [9.17, 15) is 4.79 Å². The second kappa shape index (κ2) is 9.08. The van der Waals surface area contributed by atoms with E-state index in [1.807, 2.05) is 0 Å². The largest absolute Gasteiger partial charge is 0.462 e. The van der Waals surface area contributed by atoms with Gasteiger partial charge in [-0.25, -0.2) is 4.79 Å². The molecular formula is C13H24O8. The van der Waals surface area contributed by atoms with Crippen LogP contribution in [0.15, 0.2) is 11.6 Å². The van der Waals surface area contributed by atoms with Gasteiger partial charge in [0.05, 0.1) is 26.4 Å². The number of esters is 1. The second-order valence-corrected chi connectivity index (χ2v) is 5.06. The summed E-state index contributed by atoms with van der Waals surface area (Å²) >= 11 is 0. The van der Waals surface area contributed by atoms with Crippen LogP contribution in [0.4, 0.5) is 0 Å². The number of hydrogen-bond donors (Lipinski definition) is 6. The van der Waals surface area contributed by atoms with E-state index in [2.05, 4.69) is 0 Å². The van der Waals surface area contributed by atoms with Gasteiger partial charge in [0, 0.05) is 17.4 Å². The molecule has 0 unspecified atom stereocenters. The standard InChI is InChI=1S/C13H24O8/c1-10(3-2-4-13(18,19)20)11(17)21-6-5-12(7-14,8-15)9-16/h3,14-16,18-20H,2,4-9H2,1H3. The molecule has 0 fully saturated rings. The highest BCUT2D eigenvalue weighted by atomic mass is 16.7. The first kappa shape index (κ1) is 20.0. The zero-order chi connectivity index (χ0) is 16.5. The summed E-state index contributed by atoms with van der Waals surface area (Å²) in [6.07, 6.45) is 1.21. The van der Waals surface area contributed by atoms with E-state index in [1.165, 1.54) is 13.0 Å². The lowest BCUT2D eigenvalue weighted by Gasteiger charge is -2.26. The Labute approximate surface area is 122 Å². The van der Waals surface area contributed by atoms with Crippen molar-refractivity contribution in [2.24, 2.45) is 5.41 Å². The number of carbonyl (C=O) groups excluding carboxylic acids is 1. The zero-order valence-electron chi connectivity index (χ0n) is 12.0. The van der Waals surface area contributed by atoms with Gasteiger partial charge in [0.1, 0.15) is 0 Å². The van der Waals surface area contributed by atoms with Gasteiger partial charge in [-0.3, -0.25) is 0 Å². The highest BCUT2D eigenvalue weighted by molar-refractivity contribution is 5.87. The summed E-state index contributed by atoms with van der Waals surface area (Å²) in [7, 11) is 0. The molecule has 0 heterocycles. The molecule has 0 aliphatic rings. The van der Waals surface area contributed by atoms with Gasteiger partial charge in [-0.1, -0.05) is 6.08 Å². The average Bonchev–Trinajstić information content (AvgIpc) is 2.42. The summed E-state index contributed by atoms with van der Waals surface area (Å²) in [5.74, 6) is -3.42. The van der Waals surface area contributed by atoms with Crippen LogP contribution < -0.4 is 0 Å². The second-order valence-electron chi connectivity index (χ2n) is 5.06. The van der Waals surface area contributed by atoms with Crippen molar-refractivity contribution >= 4 is 5.97 Å². The summed E-state index contributed by atoms with van der Waals surface area (Å²) in [5, 5.41) is 53.3. The van der Waals surface area contributed by atoms with Gasteiger partial charge in [0.15, 0.2) is 0 Å². The summed E-state index contributed by atoms with van der Waals surface area (Å²) in [6, 6.07) is 0.